The Balaban J connectivity index is 0.00000280. The Morgan fingerprint density at radius 3 is 2.36 bits per heavy atom. The topological polar surface area (TPSA) is 54.2 Å². The van der Waals surface area contributed by atoms with Gasteiger partial charge in [0.05, 0.1) is 6.54 Å². The van der Waals surface area contributed by atoms with Crippen LogP contribution in [0.3, 0.4) is 0 Å². The molecule has 1 aromatic heterocycles. The summed E-state index contributed by atoms with van der Waals surface area (Å²) in [5.74, 6) is 1.19. The minimum atomic E-state index is 0. The predicted molar refractivity (Wildman–Crippen MR) is 126 cm³/mol. The standard InChI is InChI=1S/C22H27N5.HI/c1-23-22(24-14-16-27-15-8-13-26-27)25-18-21(20-11-6-3-7-12-20)17-19-9-4-2-5-10-19;/h2-13,15,21H,14,16-18H2,1H3,(H2,23,24,25);1H. The molecule has 28 heavy (non-hydrogen) atoms. The zero-order valence-electron chi connectivity index (χ0n) is 16.2. The average molecular weight is 489 g/mol. The summed E-state index contributed by atoms with van der Waals surface area (Å²) in [5.41, 5.74) is 2.68. The largest absolute Gasteiger partial charge is 0.356 e. The van der Waals surface area contributed by atoms with Gasteiger partial charge in [-0.1, -0.05) is 60.7 Å². The molecule has 2 N–H and O–H groups in total. The fourth-order valence-corrected chi connectivity index (χ4v) is 3.09. The van der Waals surface area contributed by atoms with Crippen molar-refractivity contribution >= 4 is 29.9 Å². The van der Waals surface area contributed by atoms with Gasteiger partial charge in [-0.05, 0) is 23.6 Å². The molecule has 3 rings (SSSR count). The zero-order chi connectivity index (χ0) is 18.7. The molecule has 6 heteroatoms. The number of halogens is 1. The van der Waals surface area contributed by atoms with Crippen LogP contribution in [0.2, 0.25) is 0 Å². The average Bonchev–Trinajstić information content (AvgIpc) is 3.24. The van der Waals surface area contributed by atoms with Crippen LogP contribution in [-0.4, -0.2) is 35.9 Å². The molecule has 5 nitrogen and oxygen atoms in total. The van der Waals surface area contributed by atoms with Gasteiger partial charge in [0.15, 0.2) is 5.96 Å². The van der Waals surface area contributed by atoms with Crippen LogP contribution in [0.1, 0.15) is 17.0 Å². The molecule has 148 valence electrons. The Kier molecular flexibility index (Phi) is 9.54. The summed E-state index contributed by atoms with van der Waals surface area (Å²) in [6.07, 6.45) is 4.74. The van der Waals surface area contributed by atoms with Gasteiger partial charge in [-0.3, -0.25) is 9.67 Å². The number of aromatic nitrogens is 2. The molecule has 0 spiro atoms. The number of hydrogen-bond acceptors (Lipinski definition) is 2. The van der Waals surface area contributed by atoms with Gasteiger partial charge in [-0.2, -0.15) is 5.10 Å². The smallest absolute Gasteiger partial charge is 0.191 e. The third-order valence-electron chi connectivity index (χ3n) is 4.53. The van der Waals surface area contributed by atoms with Crippen LogP contribution in [0.25, 0.3) is 0 Å². The van der Waals surface area contributed by atoms with Crippen LogP contribution in [0.15, 0.2) is 84.1 Å². The normalized spacial score (nSPS) is 12.1. The SMILES string of the molecule is CN=C(NCCn1cccn1)NCC(Cc1ccccc1)c1ccccc1.I. The van der Waals surface area contributed by atoms with E-state index in [1.54, 1.807) is 13.2 Å². The molecule has 1 heterocycles. The minimum absolute atomic E-state index is 0. The maximum absolute atomic E-state index is 4.34. The molecule has 1 atom stereocenters. The number of nitrogens with zero attached hydrogens (tertiary/aromatic N) is 3. The molecule has 0 aliphatic heterocycles. The Morgan fingerprint density at radius 1 is 1.00 bits per heavy atom. The van der Waals surface area contributed by atoms with E-state index in [4.69, 9.17) is 0 Å². The van der Waals surface area contributed by atoms with E-state index in [2.05, 4.69) is 81.4 Å². The summed E-state index contributed by atoms with van der Waals surface area (Å²) in [7, 11) is 1.80. The number of nitrogens with one attached hydrogen (secondary N) is 2. The Hall–Kier alpha value is -2.35. The van der Waals surface area contributed by atoms with Crippen molar-refractivity contribution in [3.05, 3.63) is 90.3 Å². The highest BCUT2D eigenvalue weighted by Crippen LogP contribution is 2.20. The first-order chi connectivity index (χ1) is 13.3. The first kappa shape index (κ1) is 21.9. The molecular weight excluding hydrogens is 461 g/mol. The van der Waals surface area contributed by atoms with E-state index >= 15 is 0 Å². The highest BCUT2D eigenvalue weighted by molar-refractivity contribution is 14.0. The van der Waals surface area contributed by atoms with Crippen molar-refractivity contribution in [3.8, 4) is 0 Å². The lowest BCUT2D eigenvalue weighted by Gasteiger charge is -2.20. The van der Waals surface area contributed by atoms with Crippen LogP contribution in [-0.2, 0) is 13.0 Å². The van der Waals surface area contributed by atoms with Crippen molar-refractivity contribution in [2.24, 2.45) is 4.99 Å². The van der Waals surface area contributed by atoms with Gasteiger partial charge < -0.3 is 10.6 Å². The molecule has 0 radical (unpaired) electrons. The van der Waals surface area contributed by atoms with Gasteiger partial charge in [-0.15, -0.1) is 24.0 Å². The van der Waals surface area contributed by atoms with Crippen molar-refractivity contribution < 1.29 is 0 Å². The predicted octanol–water partition coefficient (Wildman–Crippen LogP) is 3.69. The number of guanidine groups is 1. The van der Waals surface area contributed by atoms with Gasteiger partial charge in [-0.25, -0.2) is 0 Å². The second kappa shape index (κ2) is 12.2. The second-order valence-corrected chi connectivity index (χ2v) is 6.45. The summed E-state index contributed by atoms with van der Waals surface area (Å²) in [4.78, 5) is 4.34. The van der Waals surface area contributed by atoms with Crippen LogP contribution in [0.4, 0.5) is 0 Å². The van der Waals surface area contributed by atoms with E-state index in [1.807, 2.05) is 16.9 Å². The first-order valence-electron chi connectivity index (χ1n) is 9.36. The summed E-state index contributed by atoms with van der Waals surface area (Å²) in [6.45, 7) is 2.40. The minimum Gasteiger partial charge on any atom is -0.356 e. The molecule has 0 saturated carbocycles. The van der Waals surface area contributed by atoms with Crippen molar-refractivity contribution in [1.82, 2.24) is 20.4 Å². The quantitative estimate of drug-likeness (QED) is 0.288. The third kappa shape index (κ3) is 6.99. The van der Waals surface area contributed by atoms with Gasteiger partial charge in [0.1, 0.15) is 0 Å². The monoisotopic (exact) mass is 489 g/mol. The number of rotatable bonds is 8. The summed E-state index contributed by atoms with van der Waals surface area (Å²) >= 11 is 0. The summed E-state index contributed by atoms with van der Waals surface area (Å²) in [5, 5.41) is 11.1. The van der Waals surface area contributed by atoms with E-state index in [9.17, 15) is 0 Å². The van der Waals surface area contributed by atoms with Gasteiger partial charge in [0, 0.05) is 38.4 Å². The van der Waals surface area contributed by atoms with Crippen LogP contribution >= 0.6 is 24.0 Å². The Bertz CT molecular complexity index is 803. The molecule has 0 fully saturated rings. The molecule has 1 unspecified atom stereocenters. The summed E-state index contributed by atoms with van der Waals surface area (Å²) in [6, 6.07) is 23.2. The zero-order valence-corrected chi connectivity index (χ0v) is 18.5. The lowest BCUT2D eigenvalue weighted by atomic mass is 9.92. The highest BCUT2D eigenvalue weighted by Gasteiger charge is 2.13. The Morgan fingerprint density at radius 2 is 1.71 bits per heavy atom. The molecule has 0 bridgehead atoms. The van der Waals surface area contributed by atoms with Crippen molar-refractivity contribution in [1.29, 1.82) is 0 Å². The van der Waals surface area contributed by atoms with Crippen molar-refractivity contribution in [3.63, 3.8) is 0 Å². The molecule has 2 aromatic carbocycles. The van der Waals surface area contributed by atoms with Gasteiger partial charge in [0.25, 0.3) is 0 Å². The Labute approximate surface area is 184 Å². The van der Waals surface area contributed by atoms with Gasteiger partial charge in [0.2, 0.25) is 0 Å². The number of benzene rings is 2. The highest BCUT2D eigenvalue weighted by atomic mass is 127. The fraction of sp³-hybridized carbons (Fsp3) is 0.273. The molecule has 0 aliphatic carbocycles. The van der Waals surface area contributed by atoms with E-state index in [1.165, 1.54) is 11.1 Å². The van der Waals surface area contributed by atoms with Crippen molar-refractivity contribution in [2.75, 3.05) is 20.1 Å². The van der Waals surface area contributed by atoms with Crippen molar-refractivity contribution in [2.45, 2.75) is 18.9 Å². The first-order valence-corrected chi connectivity index (χ1v) is 9.36. The lowest BCUT2D eigenvalue weighted by Crippen LogP contribution is -2.41. The molecular formula is C22H28IN5. The fourth-order valence-electron chi connectivity index (χ4n) is 3.09. The number of aliphatic imine (C=N–C) groups is 1. The van der Waals surface area contributed by atoms with E-state index in [-0.39, 0.29) is 24.0 Å². The molecule has 3 aromatic rings. The van der Waals surface area contributed by atoms with Gasteiger partial charge >= 0.3 is 0 Å². The molecule has 0 saturated heterocycles. The van der Waals surface area contributed by atoms with Crippen LogP contribution in [0.5, 0.6) is 0 Å². The van der Waals surface area contributed by atoms with E-state index in [0.29, 0.717) is 5.92 Å². The molecule has 0 aliphatic rings. The maximum Gasteiger partial charge on any atom is 0.191 e. The summed E-state index contributed by atoms with van der Waals surface area (Å²) < 4.78 is 1.91. The number of hydrogen-bond donors (Lipinski definition) is 2. The van der Waals surface area contributed by atoms with E-state index in [0.717, 1.165) is 32.0 Å². The maximum atomic E-state index is 4.34. The van der Waals surface area contributed by atoms with Crippen LogP contribution in [0, 0.1) is 0 Å². The molecule has 0 amide bonds. The lowest BCUT2D eigenvalue weighted by molar-refractivity contribution is 0.591. The van der Waals surface area contributed by atoms with Crippen LogP contribution < -0.4 is 10.6 Å². The third-order valence-corrected chi connectivity index (χ3v) is 4.53. The van der Waals surface area contributed by atoms with E-state index < -0.39 is 0 Å². The second-order valence-electron chi connectivity index (χ2n) is 6.45.